The van der Waals surface area contributed by atoms with Crippen LogP contribution < -0.4 is 4.74 Å². The Morgan fingerprint density at radius 2 is 1.79 bits per heavy atom. The molecule has 0 aliphatic carbocycles. The number of ether oxygens (including phenoxy) is 1. The summed E-state index contributed by atoms with van der Waals surface area (Å²) in [4.78, 5) is 17.0. The first-order valence-corrected chi connectivity index (χ1v) is 10.9. The van der Waals surface area contributed by atoms with E-state index in [-0.39, 0.29) is 24.8 Å². The fraction of sp³-hybridized carbons (Fsp3) is 0.696. The van der Waals surface area contributed by atoms with Crippen LogP contribution in [0.2, 0.25) is 0 Å². The predicted octanol–water partition coefficient (Wildman–Crippen LogP) is 4.72. The third-order valence-corrected chi connectivity index (χ3v) is 6.06. The average molecular weight is 409 g/mol. The van der Waals surface area contributed by atoms with E-state index in [0.717, 1.165) is 31.5 Å². The number of halogens is 2. The smallest absolute Gasteiger partial charge is 0.258 e. The lowest BCUT2D eigenvalue weighted by atomic mass is 9.91. The van der Waals surface area contributed by atoms with Gasteiger partial charge in [-0.15, -0.1) is 0 Å². The number of hydrogen-bond acceptors (Lipinski definition) is 3. The van der Waals surface area contributed by atoms with E-state index in [9.17, 15) is 13.6 Å². The van der Waals surface area contributed by atoms with E-state index in [1.54, 1.807) is 0 Å². The Balaban J connectivity index is 1.66. The van der Waals surface area contributed by atoms with Crippen LogP contribution in [0.1, 0.15) is 74.4 Å². The van der Waals surface area contributed by atoms with Gasteiger partial charge in [0.1, 0.15) is 5.75 Å². The molecule has 0 radical (unpaired) electrons. The number of nitrogens with zero attached hydrogens (tertiary/aromatic N) is 2. The van der Waals surface area contributed by atoms with Gasteiger partial charge < -0.3 is 14.5 Å². The van der Waals surface area contributed by atoms with Gasteiger partial charge >= 0.3 is 0 Å². The molecule has 0 spiro atoms. The number of rotatable bonds is 7. The molecule has 0 unspecified atom stereocenters. The highest BCUT2D eigenvalue weighted by Gasteiger charge is 2.34. The summed E-state index contributed by atoms with van der Waals surface area (Å²) < 4.78 is 32.7. The Kier molecular flexibility index (Phi) is 6.82. The summed E-state index contributed by atoms with van der Waals surface area (Å²) in [5.74, 6) is -1.43. The number of alkyl halides is 2. The summed E-state index contributed by atoms with van der Waals surface area (Å²) in [5.41, 5.74) is 2.96. The van der Waals surface area contributed by atoms with Crippen LogP contribution in [-0.2, 0) is 6.42 Å². The van der Waals surface area contributed by atoms with Crippen molar-refractivity contribution in [3.63, 3.8) is 0 Å². The molecule has 2 aliphatic rings. The maximum Gasteiger partial charge on any atom is 0.258 e. The molecule has 0 N–H and O–H groups in total. The molecule has 162 valence electrons. The molecule has 1 aromatic rings. The Bertz CT molecular complexity index is 724. The number of fused-ring (bicyclic) bond motifs is 1. The van der Waals surface area contributed by atoms with E-state index in [1.807, 2.05) is 24.8 Å². The van der Waals surface area contributed by atoms with Gasteiger partial charge in [0.25, 0.3) is 11.8 Å². The molecule has 2 heterocycles. The quantitative estimate of drug-likeness (QED) is 0.612. The lowest BCUT2D eigenvalue weighted by Crippen LogP contribution is -2.42. The van der Waals surface area contributed by atoms with Crippen LogP contribution in [0.15, 0.2) is 12.1 Å². The second-order valence-corrected chi connectivity index (χ2v) is 8.95. The van der Waals surface area contributed by atoms with Crippen LogP contribution in [0.4, 0.5) is 8.78 Å². The minimum atomic E-state index is -2.51. The van der Waals surface area contributed by atoms with Crippen LogP contribution in [0.25, 0.3) is 0 Å². The topological polar surface area (TPSA) is 32.8 Å². The van der Waals surface area contributed by atoms with Gasteiger partial charge in [-0.2, -0.15) is 0 Å². The molecule has 0 aromatic heterocycles. The summed E-state index contributed by atoms with van der Waals surface area (Å²) in [6.45, 7) is 11.2. The van der Waals surface area contributed by atoms with E-state index >= 15 is 0 Å². The highest BCUT2D eigenvalue weighted by atomic mass is 19.3. The molecule has 1 aromatic carbocycles. The van der Waals surface area contributed by atoms with Gasteiger partial charge in [-0.25, -0.2) is 8.78 Å². The number of likely N-dealkylation sites (tertiary alicyclic amines) is 1. The number of carbonyl (C=O) groups is 1. The molecule has 2 aliphatic heterocycles. The maximum absolute atomic E-state index is 13.3. The van der Waals surface area contributed by atoms with Crippen molar-refractivity contribution in [2.45, 2.75) is 71.3 Å². The van der Waals surface area contributed by atoms with Gasteiger partial charge in [0, 0.05) is 45.1 Å². The third-order valence-electron chi connectivity index (χ3n) is 6.06. The standard InChI is InChI=1S/C23H34F2N2O2/c1-16(2)19-14-18-6-10-27(17(3)4)22(28)21(18)20(15-19)29-13-5-9-26-11-7-23(24,25)8-12-26/h14-17H,5-13H2,1-4H3. The molecule has 4 nitrogen and oxygen atoms in total. The van der Waals surface area contributed by atoms with Gasteiger partial charge in [0.2, 0.25) is 0 Å². The molecule has 3 rings (SSSR count). The molecular weight excluding hydrogens is 374 g/mol. The molecule has 1 fully saturated rings. The molecular formula is C23H34F2N2O2. The van der Waals surface area contributed by atoms with E-state index in [0.29, 0.717) is 36.9 Å². The number of amides is 1. The zero-order valence-electron chi connectivity index (χ0n) is 18.1. The van der Waals surface area contributed by atoms with Crippen LogP contribution >= 0.6 is 0 Å². The van der Waals surface area contributed by atoms with Crippen molar-refractivity contribution in [2.24, 2.45) is 0 Å². The van der Waals surface area contributed by atoms with E-state index in [1.165, 1.54) is 5.56 Å². The van der Waals surface area contributed by atoms with Crippen molar-refractivity contribution in [1.29, 1.82) is 0 Å². The van der Waals surface area contributed by atoms with Crippen LogP contribution in [-0.4, -0.2) is 60.5 Å². The lowest BCUT2D eigenvalue weighted by molar-refractivity contribution is -0.0554. The van der Waals surface area contributed by atoms with E-state index in [4.69, 9.17) is 4.74 Å². The number of carbonyl (C=O) groups excluding carboxylic acids is 1. The normalized spacial score (nSPS) is 19.7. The highest BCUT2D eigenvalue weighted by Crippen LogP contribution is 2.33. The van der Waals surface area contributed by atoms with Crippen molar-refractivity contribution in [3.8, 4) is 5.75 Å². The zero-order valence-corrected chi connectivity index (χ0v) is 18.1. The molecule has 0 bridgehead atoms. The minimum Gasteiger partial charge on any atom is -0.493 e. The van der Waals surface area contributed by atoms with Gasteiger partial charge in [-0.1, -0.05) is 19.9 Å². The fourth-order valence-electron chi connectivity index (χ4n) is 4.14. The van der Waals surface area contributed by atoms with Crippen LogP contribution in [0, 0.1) is 0 Å². The lowest BCUT2D eigenvalue weighted by Gasteiger charge is -2.33. The van der Waals surface area contributed by atoms with Gasteiger partial charge in [-0.05, 0) is 49.8 Å². The van der Waals surface area contributed by atoms with Gasteiger partial charge in [-0.3, -0.25) is 4.79 Å². The fourth-order valence-corrected chi connectivity index (χ4v) is 4.14. The summed E-state index contributed by atoms with van der Waals surface area (Å²) in [5, 5.41) is 0. The molecule has 0 atom stereocenters. The Morgan fingerprint density at radius 1 is 1.10 bits per heavy atom. The molecule has 1 saturated heterocycles. The summed E-state index contributed by atoms with van der Waals surface area (Å²) in [7, 11) is 0. The number of piperidine rings is 1. The largest absolute Gasteiger partial charge is 0.493 e. The van der Waals surface area contributed by atoms with Crippen LogP contribution in [0.3, 0.4) is 0 Å². The van der Waals surface area contributed by atoms with Crippen molar-refractivity contribution in [3.05, 3.63) is 28.8 Å². The predicted molar refractivity (Wildman–Crippen MR) is 111 cm³/mol. The van der Waals surface area contributed by atoms with Crippen molar-refractivity contribution < 1.29 is 18.3 Å². The first-order valence-electron chi connectivity index (χ1n) is 10.9. The average Bonchev–Trinajstić information content (AvgIpc) is 2.65. The Hall–Kier alpha value is -1.69. The first kappa shape index (κ1) is 22.0. The number of benzene rings is 1. The minimum absolute atomic E-state index is 0.0461. The van der Waals surface area contributed by atoms with Gasteiger partial charge in [0.05, 0.1) is 12.2 Å². The monoisotopic (exact) mass is 408 g/mol. The number of hydrogen-bond donors (Lipinski definition) is 0. The van der Waals surface area contributed by atoms with E-state index in [2.05, 4.69) is 24.8 Å². The molecule has 6 heteroatoms. The van der Waals surface area contributed by atoms with Crippen molar-refractivity contribution in [2.75, 3.05) is 32.8 Å². The third kappa shape index (κ3) is 5.27. The molecule has 1 amide bonds. The Morgan fingerprint density at radius 3 is 2.41 bits per heavy atom. The van der Waals surface area contributed by atoms with E-state index < -0.39 is 5.92 Å². The molecule has 29 heavy (non-hydrogen) atoms. The summed E-state index contributed by atoms with van der Waals surface area (Å²) >= 11 is 0. The zero-order chi connectivity index (χ0) is 21.2. The second-order valence-electron chi connectivity index (χ2n) is 8.95. The summed E-state index contributed by atoms with van der Waals surface area (Å²) in [6, 6.07) is 4.31. The first-order chi connectivity index (χ1) is 13.7. The van der Waals surface area contributed by atoms with Crippen LogP contribution in [0.5, 0.6) is 5.75 Å². The van der Waals surface area contributed by atoms with Crippen molar-refractivity contribution in [1.82, 2.24) is 9.80 Å². The van der Waals surface area contributed by atoms with Crippen molar-refractivity contribution >= 4 is 5.91 Å². The summed E-state index contributed by atoms with van der Waals surface area (Å²) in [6.07, 6.45) is 1.49. The highest BCUT2D eigenvalue weighted by molar-refractivity contribution is 5.99. The Labute approximate surface area is 173 Å². The second kappa shape index (κ2) is 8.99. The maximum atomic E-state index is 13.3. The van der Waals surface area contributed by atoms with Gasteiger partial charge in [0.15, 0.2) is 0 Å². The molecule has 0 saturated carbocycles. The SMILES string of the molecule is CC(C)c1cc2c(c(OCCCN3CCC(F)(F)CC3)c1)C(=O)N(C(C)C)CC2.